The van der Waals surface area contributed by atoms with Crippen LogP contribution in [0, 0.1) is 0 Å². The third-order valence-electron chi connectivity index (χ3n) is 3.12. The van der Waals surface area contributed by atoms with Gasteiger partial charge in [-0.05, 0) is 6.42 Å². The Hall–Kier alpha value is 2.07. The molecule has 0 spiro atoms. The predicted molar refractivity (Wildman–Crippen MR) is 76.2 cm³/mol. The minimum Gasteiger partial charge on any atom is -0.790 e. The first-order valence-electron chi connectivity index (χ1n) is 7.80. The van der Waals surface area contributed by atoms with E-state index in [0.717, 1.165) is 12.8 Å². The van der Waals surface area contributed by atoms with Crippen molar-refractivity contribution in [3.63, 3.8) is 0 Å². The predicted octanol–water partition coefficient (Wildman–Crippen LogP) is -3.22. The van der Waals surface area contributed by atoms with E-state index in [0.29, 0.717) is 6.61 Å². The molecule has 22 heavy (non-hydrogen) atoms. The van der Waals surface area contributed by atoms with Crippen LogP contribution in [0.1, 0.15) is 71.1 Å². The van der Waals surface area contributed by atoms with Crippen LogP contribution in [0.15, 0.2) is 0 Å². The topological polar surface area (TPSA) is 81.7 Å². The molecule has 0 unspecified atom stereocenters. The summed E-state index contributed by atoms with van der Waals surface area (Å²) in [7, 11) is -4.83. The zero-order chi connectivity index (χ0) is 15.1. The standard InChI is InChI=1S/C14H31O5P.2Na/c1-2-3-4-5-6-7-8-9-10-11-12-18-13-14-19-20(15,16)17;;/h2-14H2,1H3,(H2,15,16,17);;/q;2*+1/p-2. The second-order valence-electron chi connectivity index (χ2n) is 5.07. The largest absolute Gasteiger partial charge is 1.00 e. The first kappa shape index (κ1) is 28.9. The Balaban J connectivity index is -0.00000180. The molecule has 0 atom stereocenters. The maximum atomic E-state index is 10.1. The van der Waals surface area contributed by atoms with Crippen LogP contribution in [-0.4, -0.2) is 19.8 Å². The van der Waals surface area contributed by atoms with Crippen molar-refractivity contribution in [2.75, 3.05) is 19.8 Å². The van der Waals surface area contributed by atoms with Gasteiger partial charge in [0, 0.05) is 6.61 Å². The molecule has 0 aromatic heterocycles. The van der Waals surface area contributed by atoms with Crippen LogP contribution in [0.2, 0.25) is 0 Å². The summed E-state index contributed by atoms with van der Waals surface area (Å²) >= 11 is 0. The van der Waals surface area contributed by atoms with Gasteiger partial charge < -0.3 is 23.6 Å². The van der Waals surface area contributed by atoms with Gasteiger partial charge in [-0.1, -0.05) is 64.7 Å². The molecule has 0 saturated carbocycles. The first-order chi connectivity index (χ1) is 9.56. The van der Waals surface area contributed by atoms with E-state index in [4.69, 9.17) is 4.74 Å². The van der Waals surface area contributed by atoms with Gasteiger partial charge in [0.05, 0.1) is 21.0 Å². The summed E-state index contributed by atoms with van der Waals surface area (Å²) in [5.41, 5.74) is 0. The number of unbranched alkanes of at least 4 members (excludes halogenated alkanes) is 9. The Morgan fingerprint density at radius 1 is 0.727 bits per heavy atom. The minimum atomic E-state index is -4.83. The number of ether oxygens (including phenoxy) is 1. The van der Waals surface area contributed by atoms with Crippen LogP contribution >= 0.6 is 7.82 Å². The average Bonchev–Trinajstić information content (AvgIpc) is 2.38. The van der Waals surface area contributed by atoms with Crippen LogP contribution in [0.3, 0.4) is 0 Å². The molecule has 8 heteroatoms. The number of phosphoric ester groups is 1. The normalized spacial score (nSPS) is 10.9. The van der Waals surface area contributed by atoms with Crippen LogP contribution in [0.25, 0.3) is 0 Å². The molecule has 0 saturated heterocycles. The van der Waals surface area contributed by atoms with Gasteiger partial charge in [-0.25, -0.2) is 0 Å². The van der Waals surface area contributed by atoms with Crippen LogP contribution in [0.5, 0.6) is 0 Å². The minimum absolute atomic E-state index is 0. The van der Waals surface area contributed by atoms with Crippen molar-refractivity contribution >= 4 is 7.82 Å². The van der Waals surface area contributed by atoms with Gasteiger partial charge in [0.1, 0.15) is 0 Å². The quantitative estimate of drug-likeness (QED) is 0.176. The van der Waals surface area contributed by atoms with Crippen molar-refractivity contribution in [1.82, 2.24) is 0 Å². The van der Waals surface area contributed by atoms with Crippen molar-refractivity contribution in [3.8, 4) is 0 Å². The van der Waals surface area contributed by atoms with E-state index in [1.165, 1.54) is 51.4 Å². The molecule has 0 aliphatic carbocycles. The zero-order valence-corrected chi connectivity index (χ0v) is 19.6. The Morgan fingerprint density at radius 3 is 1.64 bits per heavy atom. The molecule has 0 aliphatic rings. The molecule has 0 bridgehead atoms. The summed E-state index contributed by atoms with van der Waals surface area (Å²) in [4.78, 5) is 20.3. The molecule has 0 aliphatic heterocycles. The fourth-order valence-electron chi connectivity index (χ4n) is 2.00. The Kier molecular flexibility index (Phi) is 27.7. The van der Waals surface area contributed by atoms with Crippen LogP contribution < -0.4 is 68.9 Å². The molecule has 0 radical (unpaired) electrons. The van der Waals surface area contributed by atoms with Crippen molar-refractivity contribution in [2.24, 2.45) is 0 Å². The van der Waals surface area contributed by atoms with Gasteiger partial charge in [0.2, 0.25) is 0 Å². The Labute approximate surface area is 180 Å². The van der Waals surface area contributed by atoms with E-state index in [1.807, 2.05) is 0 Å². The first-order valence-corrected chi connectivity index (χ1v) is 9.26. The molecular formula is C14H29Na2O5P. The zero-order valence-electron chi connectivity index (χ0n) is 14.7. The van der Waals surface area contributed by atoms with Crippen molar-refractivity contribution in [2.45, 2.75) is 71.1 Å². The number of hydrogen-bond acceptors (Lipinski definition) is 5. The SMILES string of the molecule is CCCCCCCCCCCCOCCOP(=O)([O-])[O-].[Na+].[Na+]. The van der Waals surface area contributed by atoms with Gasteiger partial charge in [0.15, 0.2) is 0 Å². The molecule has 0 amide bonds. The van der Waals surface area contributed by atoms with Gasteiger partial charge in [0.25, 0.3) is 0 Å². The summed E-state index contributed by atoms with van der Waals surface area (Å²) in [5, 5.41) is 0. The van der Waals surface area contributed by atoms with E-state index in [2.05, 4.69) is 11.4 Å². The van der Waals surface area contributed by atoms with Crippen molar-refractivity contribution in [3.05, 3.63) is 0 Å². The molecule has 0 heterocycles. The Bertz CT molecular complexity index is 251. The van der Waals surface area contributed by atoms with E-state index in [1.54, 1.807) is 0 Å². The second-order valence-corrected chi connectivity index (χ2v) is 6.23. The molecule has 5 nitrogen and oxygen atoms in total. The fourth-order valence-corrected chi connectivity index (χ4v) is 2.30. The Morgan fingerprint density at radius 2 is 1.18 bits per heavy atom. The van der Waals surface area contributed by atoms with E-state index >= 15 is 0 Å². The summed E-state index contributed by atoms with van der Waals surface area (Å²) in [6, 6.07) is 0. The van der Waals surface area contributed by atoms with Crippen LogP contribution in [0.4, 0.5) is 0 Å². The molecule has 122 valence electrons. The summed E-state index contributed by atoms with van der Waals surface area (Å²) in [6.45, 7) is 2.81. The average molecular weight is 354 g/mol. The summed E-state index contributed by atoms with van der Waals surface area (Å²) < 4.78 is 19.4. The summed E-state index contributed by atoms with van der Waals surface area (Å²) in [6.07, 6.45) is 12.7. The molecular weight excluding hydrogens is 325 g/mol. The third-order valence-corrected chi connectivity index (χ3v) is 3.62. The molecule has 0 N–H and O–H groups in total. The van der Waals surface area contributed by atoms with E-state index < -0.39 is 7.82 Å². The number of hydrogen-bond donors (Lipinski definition) is 0. The van der Waals surface area contributed by atoms with E-state index in [9.17, 15) is 14.4 Å². The number of rotatable bonds is 15. The smallest absolute Gasteiger partial charge is 0.790 e. The maximum Gasteiger partial charge on any atom is 1.00 e. The monoisotopic (exact) mass is 354 g/mol. The van der Waals surface area contributed by atoms with Crippen molar-refractivity contribution < 1.29 is 82.7 Å². The van der Waals surface area contributed by atoms with Crippen molar-refractivity contribution in [1.29, 1.82) is 0 Å². The van der Waals surface area contributed by atoms with Gasteiger partial charge >= 0.3 is 59.1 Å². The van der Waals surface area contributed by atoms with Crippen LogP contribution in [-0.2, 0) is 13.8 Å². The molecule has 0 fully saturated rings. The van der Waals surface area contributed by atoms with Gasteiger partial charge in [-0.2, -0.15) is 0 Å². The second kappa shape index (κ2) is 21.1. The summed E-state index contributed by atoms with van der Waals surface area (Å²) in [5.74, 6) is 0. The molecule has 0 aromatic carbocycles. The van der Waals surface area contributed by atoms with Gasteiger partial charge in [-0.15, -0.1) is 0 Å². The fraction of sp³-hybridized carbons (Fsp3) is 1.00. The van der Waals surface area contributed by atoms with Gasteiger partial charge in [-0.3, -0.25) is 0 Å². The number of phosphoric acid groups is 1. The molecule has 0 rings (SSSR count). The maximum absolute atomic E-state index is 10.1. The third kappa shape index (κ3) is 26.9. The van der Waals surface area contributed by atoms with E-state index in [-0.39, 0.29) is 72.3 Å². The molecule has 0 aromatic rings.